The summed E-state index contributed by atoms with van der Waals surface area (Å²) in [5.41, 5.74) is 1.56. The average Bonchev–Trinajstić information content (AvgIpc) is 2.74. The van der Waals surface area contributed by atoms with Crippen LogP contribution in [0.5, 0.6) is 0 Å². The van der Waals surface area contributed by atoms with Gasteiger partial charge in [0.25, 0.3) is 0 Å². The highest BCUT2D eigenvalue weighted by Crippen LogP contribution is 2.19. The number of nitrogens with one attached hydrogen (secondary N) is 1. The van der Waals surface area contributed by atoms with Gasteiger partial charge in [-0.3, -0.25) is 9.59 Å². The molecule has 6 heteroatoms. The lowest BCUT2D eigenvalue weighted by atomic mass is 9.95. The lowest BCUT2D eigenvalue weighted by Crippen LogP contribution is -2.50. The molecular formula is C24H28ClFN2O2. The van der Waals surface area contributed by atoms with Gasteiger partial charge in [0.1, 0.15) is 11.9 Å². The molecule has 0 aromatic heterocycles. The van der Waals surface area contributed by atoms with Gasteiger partial charge in [0.15, 0.2) is 0 Å². The summed E-state index contributed by atoms with van der Waals surface area (Å²) in [6, 6.07) is 12.7. The van der Waals surface area contributed by atoms with Gasteiger partial charge in [-0.15, -0.1) is 0 Å². The molecular weight excluding hydrogens is 403 g/mol. The third-order valence-electron chi connectivity index (χ3n) is 5.63. The predicted molar refractivity (Wildman–Crippen MR) is 117 cm³/mol. The van der Waals surface area contributed by atoms with Crippen LogP contribution in [0.25, 0.3) is 0 Å². The maximum Gasteiger partial charge on any atom is 0.242 e. The van der Waals surface area contributed by atoms with Gasteiger partial charge in [0, 0.05) is 17.6 Å². The van der Waals surface area contributed by atoms with Crippen molar-refractivity contribution in [3.05, 3.63) is 70.5 Å². The van der Waals surface area contributed by atoms with Gasteiger partial charge >= 0.3 is 0 Å². The van der Waals surface area contributed by atoms with Gasteiger partial charge in [-0.2, -0.15) is 0 Å². The van der Waals surface area contributed by atoms with E-state index in [1.807, 2.05) is 12.1 Å². The lowest BCUT2D eigenvalue weighted by molar-refractivity contribution is -0.140. The second-order valence-corrected chi connectivity index (χ2v) is 8.41. The van der Waals surface area contributed by atoms with Crippen molar-refractivity contribution in [2.24, 2.45) is 0 Å². The smallest absolute Gasteiger partial charge is 0.242 e. The lowest BCUT2D eigenvalue weighted by Gasteiger charge is -2.31. The number of nitrogens with zero attached hydrogens (tertiary/aromatic N) is 1. The summed E-state index contributed by atoms with van der Waals surface area (Å²) in [6.07, 6.45) is 5.51. The number of amides is 2. The van der Waals surface area contributed by atoms with Gasteiger partial charge in [0.2, 0.25) is 11.8 Å². The van der Waals surface area contributed by atoms with E-state index >= 15 is 0 Å². The first-order chi connectivity index (χ1) is 14.4. The summed E-state index contributed by atoms with van der Waals surface area (Å²) < 4.78 is 13.2. The molecule has 1 N–H and O–H groups in total. The first-order valence-electron chi connectivity index (χ1n) is 10.5. The standard InChI is InChI=1S/C24H28ClFN2O2/c1-17(24(30)27-22-8-3-2-4-9-22)28(16-19-6-5-7-20(25)14-19)23(29)15-18-10-12-21(26)13-11-18/h5-7,10-14,17,22H,2-4,8-9,15-16H2,1H3,(H,27,30). The van der Waals surface area contributed by atoms with Crippen molar-refractivity contribution in [2.75, 3.05) is 0 Å². The van der Waals surface area contributed by atoms with Crippen LogP contribution in [0.2, 0.25) is 5.02 Å². The third kappa shape index (κ3) is 6.30. The molecule has 2 amide bonds. The Morgan fingerprint density at radius 2 is 1.80 bits per heavy atom. The maximum absolute atomic E-state index is 13.2. The molecule has 0 spiro atoms. The van der Waals surface area contributed by atoms with Crippen LogP contribution in [-0.4, -0.2) is 28.8 Å². The first kappa shape index (κ1) is 22.3. The van der Waals surface area contributed by atoms with Gasteiger partial charge in [-0.05, 0) is 55.2 Å². The van der Waals surface area contributed by atoms with Crippen LogP contribution in [0.15, 0.2) is 48.5 Å². The number of hydrogen-bond acceptors (Lipinski definition) is 2. The van der Waals surface area contributed by atoms with Crippen LogP contribution >= 0.6 is 11.6 Å². The minimum atomic E-state index is -0.626. The molecule has 1 aliphatic carbocycles. The largest absolute Gasteiger partial charge is 0.352 e. The number of carbonyl (C=O) groups is 2. The number of benzene rings is 2. The highest BCUT2D eigenvalue weighted by molar-refractivity contribution is 6.30. The van der Waals surface area contributed by atoms with Gasteiger partial charge < -0.3 is 10.2 Å². The zero-order valence-electron chi connectivity index (χ0n) is 17.2. The van der Waals surface area contributed by atoms with Crippen molar-refractivity contribution in [3.8, 4) is 0 Å². The molecule has 2 aromatic carbocycles. The van der Waals surface area contributed by atoms with Crippen LogP contribution in [0.3, 0.4) is 0 Å². The van der Waals surface area contributed by atoms with Crippen LogP contribution in [-0.2, 0) is 22.6 Å². The van der Waals surface area contributed by atoms with Crippen LogP contribution < -0.4 is 5.32 Å². The fraction of sp³-hybridized carbons (Fsp3) is 0.417. The Labute approximate surface area is 182 Å². The average molecular weight is 431 g/mol. The maximum atomic E-state index is 13.2. The van der Waals surface area contributed by atoms with Gasteiger partial charge in [0.05, 0.1) is 6.42 Å². The molecule has 160 valence electrons. The fourth-order valence-corrected chi connectivity index (χ4v) is 4.07. The molecule has 0 radical (unpaired) electrons. The van der Waals surface area contributed by atoms with Gasteiger partial charge in [-0.1, -0.05) is 55.1 Å². The second-order valence-electron chi connectivity index (χ2n) is 7.97. The SMILES string of the molecule is CC(C(=O)NC1CCCCC1)N(Cc1cccc(Cl)c1)C(=O)Cc1ccc(F)cc1. The molecule has 0 heterocycles. The Kier molecular flexibility index (Phi) is 7.86. The van der Waals surface area contributed by atoms with Crippen molar-refractivity contribution < 1.29 is 14.0 Å². The Balaban J connectivity index is 1.75. The minimum Gasteiger partial charge on any atom is -0.352 e. The number of carbonyl (C=O) groups excluding carboxylic acids is 2. The van der Waals surface area contributed by atoms with E-state index < -0.39 is 6.04 Å². The number of halogens is 2. The summed E-state index contributed by atoms with van der Waals surface area (Å²) in [5, 5.41) is 3.70. The first-order valence-corrected chi connectivity index (χ1v) is 10.9. The predicted octanol–water partition coefficient (Wildman–Crippen LogP) is 4.89. The van der Waals surface area contributed by atoms with Crippen molar-refractivity contribution in [1.82, 2.24) is 10.2 Å². The molecule has 4 nitrogen and oxygen atoms in total. The molecule has 0 saturated heterocycles. The third-order valence-corrected chi connectivity index (χ3v) is 5.86. The normalized spacial score (nSPS) is 15.4. The van der Waals surface area contributed by atoms with Crippen molar-refractivity contribution in [3.63, 3.8) is 0 Å². The highest BCUT2D eigenvalue weighted by atomic mass is 35.5. The summed E-state index contributed by atoms with van der Waals surface area (Å²) in [5.74, 6) is -0.675. The molecule has 30 heavy (non-hydrogen) atoms. The Morgan fingerprint density at radius 3 is 2.47 bits per heavy atom. The van der Waals surface area contributed by atoms with E-state index in [0.29, 0.717) is 10.6 Å². The molecule has 1 atom stereocenters. The van der Waals surface area contributed by atoms with Crippen LogP contribution in [0.1, 0.15) is 50.2 Å². The second kappa shape index (κ2) is 10.6. The number of rotatable bonds is 7. The van der Waals surface area contributed by atoms with E-state index in [0.717, 1.165) is 31.2 Å². The van der Waals surface area contributed by atoms with E-state index in [1.165, 1.54) is 18.6 Å². The number of hydrogen-bond donors (Lipinski definition) is 1. The van der Waals surface area contributed by atoms with E-state index in [1.54, 1.807) is 36.1 Å². The monoisotopic (exact) mass is 430 g/mol. The van der Waals surface area contributed by atoms with Crippen LogP contribution in [0, 0.1) is 5.82 Å². The molecule has 1 aliphatic rings. The van der Waals surface area contributed by atoms with Gasteiger partial charge in [-0.25, -0.2) is 4.39 Å². The molecule has 3 rings (SSSR count). The van der Waals surface area contributed by atoms with Crippen LogP contribution in [0.4, 0.5) is 4.39 Å². The summed E-state index contributed by atoms with van der Waals surface area (Å²) in [7, 11) is 0. The van der Waals surface area contributed by atoms with E-state index in [9.17, 15) is 14.0 Å². The Bertz CT molecular complexity index is 866. The zero-order chi connectivity index (χ0) is 21.5. The quantitative estimate of drug-likeness (QED) is 0.680. The van der Waals surface area contributed by atoms with E-state index in [-0.39, 0.29) is 36.6 Å². The zero-order valence-corrected chi connectivity index (χ0v) is 18.0. The highest BCUT2D eigenvalue weighted by Gasteiger charge is 2.28. The van der Waals surface area contributed by atoms with E-state index in [4.69, 9.17) is 11.6 Å². The summed E-state index contributed by atoms with van der Waals surface area (Å²) >= 11 is 6.11. The fourth-order valence-electron chi connectivity index (χ4n) is 3.86. The molecule has 1 saturated carbocycles. The molecule has 1 fully saturated rings. The van der Waals surface area contributed by atoms with E-state index in [2.05, 4.69) is 5.32 Å². The Hall–Kier alpha value is -2.40. The van der Waals surface area contributed by atoms with Crippen molar-refractivity contribution >= 4 is 23.4 Å². The molecule has 0 aliphatic heterocycles. The molecule has 0 bridgehead atoms. The minimum absolute atomic E-state index is 0.0991. The molecule has 2 aromatic rings. The van der Waals surface area contributed by atoms with Crippen molar-refractivity contribution in [2.45, 2.75) is 64.1 Å². The van der Waals surface area contributed by atoms with Crippen molar-refractivity contribution in [1.29, 1.82) is 0 Å². The Morgan fingerprint density at radius 1 is 1.10 bits per heavy atom. The topological polar surface area (TPSA) is 49.4 Å². The summed E-state index contributed by atoms with van der Waals surface area (Å²) in [4.78, 5) is 27.7. The summed E-state index contributed by atoms with van der Waals surface area (Å²) in [6.45, 7) is 2.03. The molecule has 1 unspecified atom stereocenters.